The number of hydrogen-bond acceptors (Lipinski definition) is 3. The fourth-order valence-corrected chi connectivity index (χ4v) is 4.09. The molecular weight excluding hydrogens is 368 g/mol. The maximum atomic E-state index is 14.0. The highest BCUT2D eigenvalue weighted by atomic mass is 32.1. The van der Waals surface area contributed by atoms with E-state index in [1.807, 2.05) is 30.3 Å². The second-order valence-corrected chi connectivity index (χ2v) is 6.92. The zero-order valence-electron chi connectivity index (χ0n) is 14.2. The molecule has 0 unspecified atom stereocenters. The maximum absolute atomic E-state index is 14.0. The van der Waals surface area contributed by atoms with Gasteiger partial charge in [0.2, 0.25) is 0 Å². The fourth-order valence-electron chi connectivity index (χ4n) is 2.91. The number of aliphatic imine (C=N–C) groups is 2. The Morgan fingerprint density at radius 1 is 1.15 bits per heavy atom. The van der Waals surface area contributed by atoms with Gasteiger partial charge in [-0.05, 0) is 35.9 Å². The van der Waals surface area contributed by atoms with E-state index >= 15 is 0 Å². The van der Waals surface area contributed by atoms with Gasteiger partial charge in [0.25, 0.3) is 0 Å². The van der Waals surface area contributed by atoms with Gasteiger partial charge in [-0.3, -0.25) is 0 Å². The first kappa shape index (κ1) is 17.4. The van der Waals surface area contributed by atoms with Crippen molar-refractivity contribution in [1.82, 2.24) is 0 Å². The van der Waals surface area contributed by atoms with Crippen molar-refractivity contribution in [2.24, 2.45) is 15.7 Å². The van der Waals surface area contributed by atoms with E-state index in [9.17, 15) is 8.78 Å². The standard InChI is InChI=1S/C20H15F2N3OS/c21-13-5-6-16(15(22)10-13)25-20(24-11-23)18-9-12-7-8-26-17-4-2-1-3-14(17)19(12)27-18/h1-6,9-11H,7-8H2,(H2,23,24,25). The van der Waals surface area contributed by atoms with Gasteiger partial charge in [-0.2, -0.15) is 0 Å². The Labute approximate surface area is 158 Å². The zero-order valence-corrected chi connectivity index (χ0v) is 15.0. The van der Waals surface area contributed by atoms with E-state index in [2.05, 4.69) is 9.98 Å². The van der Waals surface area contributed by atoms with Crippen molar-refractivity contribution in [1.29, 1.82) is 0 Å². The number of para-hydroxylation sites is 1. The van der Waals surface area contributed by atoms with E-state index in [0.29, 0.717) is 6.61 Å². The minimum absolute atomic E-state index is 0.00401. The molecule has 136 valence electrons. The van der Waals surface area contributed by atoms with Crippen LogP contribution in [0, 0.1) is 11.6 Å². The van der Waals surface area contributed by atoms with Gasteiger partial charge in [-0.25, -0.2) is 18.8 Å². The van der Waals surface area contributed by atoms with E-state index in [4.69, 9.17) is 10.5 Å². The Balaban J connectivity index is 1.82. The summed E-state index contributed by atoms with van der Waals surface area (Å²) in [5, 5.41) is 0. The summed E-state index contributed by atoms with van der Waals surface area (Å²) < 4.78 is 32.9. The lowest BCUT2D eigenvalue weighted by Gasteiger charge is -2.06. The van der Waals surface area contributed by atoms with Gasteiger partial charge in [0.15, 0.2) is 11.7 Å². The Morgan fingerprint density at radius 2 is 2.00 bits per heavy atom. The topological polar surface area (TPSA) is 60.0 Å². The molecule has 0 radical (unpaired) electrons. The lowest BCUT2D eigenvalue weighted by atomic mass is 10.1. The molecule has 4 nitrogen and oxygen atoms in total. The van der Waals surface area contributed by atoms with Gasteiger partial charge < -0.3 is 10.5 Å². The van der Waals surface area contributed by atoms with Crippen LogP contribution in [0.15, 0.2) is 58.5 Å². The number of benzene rings is 2. The average Bonchev–Trinajstić information content (AvgIpc) is 3.00. The van der Waals surface area contributed by atoms with Crippen molar-refractivity contribution < 1.29 is 13.5 Å². The van der Waals surface area contributed by atoms with E-state index < -0.39 is 11.6 Å². The normalized spacial score (nSPS) is 13.8. The lowest BCUT2D eigenvalue weighted by molar-refractivity contribution is 0.326. The Kier molecular flexibility index (Phi) is 4.68. The van der Waals surface area contributed by atoms with E-state index in [1.165, 1.54) is 17.4 Å². The van der Waals surface area contributed by atoms with Crippen LogP contribution in [0.2, 0.25) is 0 Å². The van der Waals surface area contributed by atoms with Crippen molar-refractivity contribution in [3.8, 4) is 16.2 Å². The van der Waals surface area contributed by atoms with Gasteiger partial charge >= 0.3 is 0 Å². The number of nitrogens with zero attached hydrogens (tertiary/aromatic N) is 2. The molecule has 0 aliphatic carbocycles. The lowest BCUT2D eigenvalue weighted by Crippen LogP contribution is -2.00. The van der Waals surface area contributed by atoms with Crippen molar-refractivity contribution in [3.63, 3.8) is 0 Å². The molecule has 4 rings (SSSR count). The minimum Gasteiger partial charge on any atom is -0.493 e. The van der Waals surface area contributed by atoms with Crippen LogP contribution in [-0.2, 0) is 6.42 Å². The third-order valence-electron chi connectivity index (χ3n) is 4.12. The van der Waals surface area contributed by atoms with Crippen LogP contribution in [0.5, 0.6) is 5.75 Å². The highest BCUT2D eigenvalue weighted by molar-refractivity contribution is 7.17. The van der Waals surface area contributed by atoms with Crippen molar-refractivity contribution in [2.75, 3.05) is 6.61 Å². The Bertz CT molecular complexity index is 1060. The van der Waals surface area contributed by atoms with Gasteiger partial charge in [0, 0.05) is 22.9 Å². The molecule has 0 amide bonds. The first-order chi connectivity index (χ1) is 13.2. The molecule has 0 saturated heterocycles. The fraction of sp³-hybridized carbons (Fsp3) is 0.100. The van der Waals surface area contributed by atoms with Crippen LogP contribution < -0.4 is 10.5 Å². The monoisotopic (exact) mass is 383 g/mol. The largest absolute Gasteiger partial charge is 0.493 e. The molecular formula is C20H15F2N3OS. The number of halogens is 2. The molecule has 1 aromatic heterocycles. The van der Waals surface area contributed by atoms with Gasteiger partial charge in [-0.1, -0.05) is 12.1 Å². The number of fused-ring (bicyclic) bond motifs is 3. The van der Waals surface area contributed by atoms with Crippen LogP contribution in [0.1, 0.15) is 10.4 Å². The summed E-state index contributed by atoms with van der Waals surface area (Å²) in [7, 11) is 0. The van der Waals surface area contributed by atoms with Crippen LogP contribution in [0.3, 0.4) is 0 Å². The van der Waals surface area contributed by atoms with Crippen LogP contribution in [0.25, 0.3) is 10.4 Å². The third-order valence-corrected chi connectivity index (χ3v) is 5.33. The molecule has 1 aliphatic heterocycles. The highest BCUT2D eigenvalue weighted by Crippen LogP contribution is 2.41. The molecule has 0 fully saturated rings. The molecule has 27 heavy (non-hydrogen) atoms. The number of ether oxygens (including phenoxy) is 1. The first-order valence-corrected chi connectivity index (χ1v) is 9.10. The van der Waals surface area contributed by atoms with E-state index in [-0.39, 0.29) is 11.5 Å². The Morgan fingerprint density at radius 3 is 2.81 bits per heavy atom. The maximum Gasteiger partial charge on any atom is 0.171 e. The van der Waals surface area contributed by atoms with Crippen molar-refractivity contribution >= 4 is 29.2 Å². The predicted molar refractivity (Wildman–Crippen MR) is 104 cm³/mol. The van der Waals surface area contributed by atoms with Gasteiger partial charge in [0.05, 0.1) is 17.8 Å². The molecule has 1 aliphatic rings. The zero-order chi connectivity index (χ0) is 18.8. The molecule has 3 aromatic rings. The molecule has 0 spiro atoms. The van der Waals surface area contributed by atoms with Crippen LogP contribution in [-0.4, -0.2) is 18.8 Å². The third kappa shape index (κ3) is 3.46. The second kappa shape index (κ2) is 7.28. The molecule has 2 heterocycles. The first-order valence-electron chi connectivity index (χ1n) is 8.29. The predicted octanol–water partition coefficient (Wildman–Crippen LogP) is 4.69. The molecule has 2 N–H and O–H groups in total. The molecule has 2 aromatic carbocycles. The Hall–Kier alpha value is -3.06. The van der Waals surface area contributed by atoms with Crippen LogP contribution in [0.4, 0.5) is 14.5 Å². The molecule has 7 heteroatoms. The van der Waals surface area contributed by atoms with Gasteiger partial charge in [-0.15, -0.1) is 11.3 Å². The van der Waals surface area contributed by atoms with Gasteiger partial charge in [0.1, 0.15) is 17.3 Å². The van der Waals surface area contributed by atoms with Crippen LogP contribution >= 0.6 is 11.3 Å². The van der Waals surface area contributed by atoms with Crippen molar-refractivity contribution in [3.05, 3.63) is 70.6 Å². The SMILES string of the molecule is NC=NC(=Nc1ccc(F)cc1F)c1cc2c(s1)-c1ccccc1OCC2. The van der Waals surface area contributed by atoms with Crippen molar-refractivity contribution in [2.45, 2.75) is 6.42 Å². The summed E-state index contributed by atoms with van der Waals surface area (Å²) in [5.74, 6) is -0.305. The smallest absolute Gasteiger partial charge is 0.171 e. The number of hydrogen-bond donors (Lipinski definition) is 1. The molecule has 0 bridgehead atoms. The summed E-state index contributed by atoms with van der Waals surface area (Å²) in [6.45, 7) is 0.569. The summed E-state index contributed by atoms with van der Waals surface area (Å²) in [4.78, 5) is 10.2. The summed E-state index contributed by atoms with van der Waals surface area (Å²) in [5.41, 5.74) is 7.58. The summed E-state index contributed by atoms with van der Waals surface area (Å²) >= 11 is 1.49. The quantitative estimate of drug-likeness (QED) is 0.515. The molecule has 0 saturated carbocycles. The number of amidine groups is 1. The summed E-state index contributed by atoms with van der Waals surface area (Å²) in [6.07, 6.45) is 1.85. The second-order valence-electron chi connectivity index (χ2n) is 5.87. The molecule has 0 atom stereocenters. The average molecular weight is 383 g/mol. The number of nitrogens with two attached hydrogens (primary N) is 1. The summed E-state index contributed by atoms with van der Waals surface area (Å²) in [6, 6.07) is 13.0. The highest BCUT2D eigenvalue weighted by Gasteiger charge is 2.20. The number of rotatable bonds is 2. The van der Waals surface area contributed by atoms with E-state index in [0.717, 1.165) is 51.5 Å². The van der Waals surface area contributed by atoms with E-state index in [1.54, 1.807) is 0 Å². The minimum atomic E-state index is -0.753. The number of thiophene rings is 1.